The second-order valence-corrected chi connectivity index (χ2v) is 4.90. The summed E-state index contributed by atoms with van der Waals surface area (Å²) >= 11 is 0. The molecule has 16 heavy (non-hydrogen) atoms. The molecule has 3 rings (SSSR count). The Kier molecular flexibility index (Phi) is 2.35. The second-order valence-electron chi connectivity index (χ2n) is 4.90. The lowest BCUT2D eigenvalue weighted by Crippen LogP contribution is -2.05. The van der Waals surface area contributed by atoms with E-state index in [-0.39, 0.29) is 0 Å². The molecule has 1 aromatic heterocycles. The molecule has 1 heterocycles. The van der Waals surface area contributed by atoms with Gasteiger partial charge < -0.3 is 10.3 Å². The van der Waals surface area contributed by atoms with Gasteiger partial charge in [-0.15, -0.1) is 0 Å². The van der Waals surface area contributed by atoms with Gasteiger partial charge in [0.2, 0.25) is 0 Å². The van der Waals surface area contributed by atoms with E-state index in [0.717, 1.165) is 18.2 Å². The zero-order valence-electron chi connectivity index (χ0n) is 9.52. The summed E-state index contributed by atoms with van der Waals surface area (Å²) in [5.41, 5.74) is 8.14. The van der Waals surface area contributed by atoms with E-state index in [1.54, 1.807) is 0 Å². The van der Waals surface area contributed by atoms with Crippen LogP contribution >= 0.6 is 0 Å². The van der Waals surface area contributed by atoms with Crippen LogP contribution in [0.5, 0.6) is 0 Å². The van der Waals surface area contributed by atoms with Crippen LogP contribution in [0.15, 0.2) is 30.5 Å². The summed E-state index contributed by atoms with van der Waals surface area (Å²) in [5, 5.41) is 1.19. The topological polar surface area (TPSA) is 30.9 Å². The minimum Gasteiger partial charge on any atom is -0.398 e. The van der Waals surface area contributed by atoms with Crippen molar-refractivity contribution in [1.82, 2.24) is 4.57 Å². The Balaban J connectivity index is 1.94. The molecule has 0 saturated heterocycles. The molecule has 2 nitrogen and oxygen atoms in total. The van der Waals surface area contributed by atoms with Crippen molar-refractivity contribution in [2.75, 3.05) is 5.73 Å². The van der Waals surface area contributed by atoms with E-state index < -0.39 is 0 Å². The first-order valence-electron chi connectivity index (χ1n) is 6.18. The van der Waals surface area contributed by atoms with Gasteiger partial charge in [0.15, 0.2) is 0 Å². The van der Waals surface area contributed by atoms with Gasteiger partial charge in [-0.05, 0) is 37.0 Å². The third-order valence-electron chi connectivity index (χ3n) is 3.78. The predicted octanol–water partition coefficient (Wildman–Crippen LogP) is 3.41. The second kappa shape index (κ2) is 3.85. The molecule has 1 aromatic carbocycles. The van der Waals surface area contributed by atoms with Crippen LogP contribution in [0, 0.1) is 5.92 Å². The molecule has 0 atom stereocenters. The Morgan fingerprint density at radius 2 is 2.00 bits per heavy atom. The monoisotopic (exact) mass is 214 g/mol. The number of nitrogen functional groups attached to an aromatic ring is 1. The Bertz CT molecular complexity index is 492. The van der Waals surface area contributed by atoms with Crippen LogP contribution in [-0.2, 0) is 6.54 Å². The van der Waals surface area contributed by atoms with Crippen LogP contribution in [-0.4, -0.2) is 4.57 Å². The molecule has 2 heteroatoms. The minimum absolute atomic E-state index is 0.872. The molecular formula is C14H18N2. The van der Waals surface area contributed by atoms with Crippen molar-refractivity contribution < 1.29 is 0 Å². The van der Waals surface area contributed by atoms with Gasteiger partial charge >= 0.3 is 0 Å². The summed E-state index contributed by atoms with van der Waals surface area (Å²) in [6.45, 7) is 1.16. The SMILES string of the molecule is Nc1cccc2c1ccn2CC1CCCC1. The lowest BCUT2D eigenvalue weighted by Gasteiger charge is -2.11. The minimum atomic E-state index is 0.872. The molecule has 0 spiro atoms. The maximum Gasteiger partial charge on any atom is 0.0501 e. The molecule has 0 aliphatic heterocycles. The Hall–Kier alpha value is -1.44. The zero-order chi connectivity index (χ0) is 11.0. The van der Waals surface area contributed by atoms with Gasteiger partial charge in [0.05, 0.1) is 5.52 Å². The van der Waals surface area contributed by atoms with E-state index in [2.05, 4.69) is 22.9 Å². The average Bonchev–Trinajstić information content (AvgIpc) is 2.90. The molecule has 2 aromatic rings. The van der Waals surface area contributed by atoms with E-state index in [1.165, 1.54) is 36.6 Å². The number of hydrogen-bond donors (Lipinski definition) is 1. The molecule has 0 unspecified atom stereocenters. The molecule has 84 valence electrons. The van der Waals surface area contributed by atoms with Crippen LogP contribution in [0.4, 0.5) is 5.69 Å². The van der Waals surface area contributed by atoms with Crippen LogP contribution < -0.4 is 5.73 Å². The van der Waals surface area contributed by atoms with E-state index in [9.17, 15) is 0 Å². The smallest absolute Gasteiger partial charge is 0.0501 e. The van der Waals surface area contributed by atoms with Crippen molar-refractivity contribution in [2.24, 2.45) is 5.92 Å². The standard InChI is InChI=1S/C14H18N2/c15-13-6-3-7-14-12(13)8-9-16(14)10-11-4-1-2-5-11/h3,6-9,11H,1-2,4-5,10,15H2. The van der Waals surface area contributed by atoms with Gasteiger partial charge in [-0.3, -0.25) is 0 Å². The molecule has 0 amide bonds. The maximum absolute atomic E-state index is 5.96. The fraction of sp³-hybridized carbons (Fsp3) is 0.429. The van der Waals surface area contributed by atoms with Crippen molar-refractivity contribution in [3.05, 3.63) is 30.5 Å². The molecule has 1 aliphatic carbocycles. The van der Waals surface area contributed by atoms with Gasteiger partial charge in [-0.1, -0.05) is 18.9 Å². The number of aromatic nitrogens is 1. The number of fused-ring (bicyclic) bond motifs is 1. The Labute approximate surface area is 96.1 Å². The first-order chi connectivity index (χ1) is 7.84. The number of hydrogen-bond acceptors (Lipinski definition) is 1. The number of anilines is 1. The van der Waals surface area contributed by atoms with Crippen LogP contribution in [0.25, 0.3) is 10.9 Å². The maximum atomic E-state index is 5.96. The number of rotatable bonds is 2. The highest BCUT2D eigenvalue weighted by Gasteiger charge is 2.16. The van der Waals surface area contributed by atoms with Crippen LogP contribution in [0.2, 0.25) is 0 Å². The third-order valence-corrected chi connectivity index (χ3v) is 3.78. The molecule has 1 aliphatic rings. The summed E-state index contributed by atoms with van der Waals surface area (Å²) in [5.74, 6) is 0.872. The largest absolute Gasteiger partial charge is 0.398 e. The van der Waals surface area contributed by atoms with Gasteiger partial charge in [0, 0.05) is 23.8 Å². The molecule has 2 N–H and O–H groups in total. The summed E-state index contributed by atoms with van der Waals surface area (Å²) in [6.07, 6.45) is 7.78. The van der Waals surface area contributed by atoms with E-state index in [4.69, 9.17) is 5.73 Å². The van der Waals surface area contributed by atoms with Crippen molar-refractivity contribution in [3.8, 4) is 0 Å². The molecule has 0 bridgehead atoms. The van der Waals surface area contributed by atoms with Gasteiger partial charge in [0.1, 0.15) is 0 Å². The Morgan fingerprint density at radius 3 is 2.81 bits per heavy atom. The molecule has 0 radical (unpaired) electrons. The first-order valence-corrected chi connectivity index (χ1v) is 6.18. The third kappa shape index (κ3) is 1.58. The fourth-order valence-electron chi connectivity index (χ4n) is 2.88. The highest BCUT2D eigenvalue weighted by Crippen LogP contribution is 2.29. The number of nitrogens with two attached hydrogens (primary N) is 1. The molecule has 1 fully saturated rings. The van der Waals surface area contributed by atoms with Crippen molar-refractivity contribution in [2.45, 2.75) is 32.2 Å². The van der Waals surface area contributed by atoms with Gasteiger partial charge in [0.25, 0.3) is 0 Å². The van der Waals surface area contributed by atoms with Crippen molar-refractivity contribution in [3.63, 3.8) is 0 Å². The predicted molar refractivity (Wildman–Crippen MR) is 68.3 cm³/mol. The molecular weight excluding hydrogens is 196 g/mol. The van der Waals surface area contributed by atoms with E-state index in [1.807, 2.05) is 12.1 Å². The highest BCUT2D eigenvalue weighted by atomic mass is 15.0. The summed E-state index contributed by atoms with van der Waals surface area (Å²) in [7, 11) is 0. The highest BCUT2D eigenvalue weighted by molar-refractivity contribution is 5.91. The van der Waals surface area contributed by atoms with Crippen molar-refractivity contribution >= 4 is 16.6 Å². The van der Waals surface area contributed by atoms with Gasteiger partial charge in [-0.2, -0.15) is 0 Å². The Morgan fingerprint density at radius 1 is 1.19 bits per heavy atom. The number of benzene rings is 1. The summed E-state index contributed by atoms with van der Waals surface area (Å²) in [4.78, 5) is 0. The van der Waals surface area contributed by atoms with Crippen LogP contribution in [0.1, 0.15) is 25.7 Å². The average molecular weight is 214 g/mol. The lowest BCUT2D eigenvalue weighted by molar-refractivity contribution is 0.466. The van der Waals surface area contributed by atoms with Gasteiger partial charge in [-0.25, -0.2) is 0 Å². The number of nitrogens with zero attached hydrogens (tertiary/aromatic N) is 1. The van der Waals surface area contributed by atoms with Crippen LogP contribution in [0.3, 0.4) is 0 Å². The first kappa shape index (κ1) is 9.76. The van der Waals surface area contributed by atoms with Crippen molar-refractivity contribution in [1.29, 1.82) is 0 Å². The summed E-state index contributed by atoms with van der Waals surface area (Å²) in [6, 6.07) is 8.32. The summed E-state index contributed by atoms with van der Waals surface area (Å²) < 4.78 is 2.36. The quantitative estimate of drug-likeness (QED) is 0.763. The fourth-order valence-corrected chi connectivity index (χ4v) is 2.88. The molecule has 1 saturated carbocycles. The van der Waals surface area contributed by atoms with E-state index >= 15 is 0 Å². The van der Waals surface area contributed by atoms with E-state index in [0.29, 0.717) is 0 Å². The lowest BCUT2D eigenvalue weighted by atomic mass is 10.1. The zero-order valence-corrected chi connectivity index (χ0v) is 9.52. The normalized spacial score (nSPS) is 17.2.